The predicted molar refractivity (Wildman–Crippen MR) is 87.7 cm³/mol. The molecule has 2 nitrogen and oxygen atoms in total. The van der Waals surface area contributed by atoms with E-state index in [0.29, 0.717) is 16.9 Å². The molecule has 2 aromatic rings. The fraction of sp³-hybridized carbons (Fsp3) is 0.188. The lowest BCUT2D eigenvalue weighted by molar-refractivity contribution is 0.103. The van der Waals surface area contributed by atoms with Gasteiger partial charge in [-0.05, 0) is 49.2 Å². The van der Waals surface area contributed by atoms with Crippen LogP contribution in [-0.2, 0) is 0 Å². The van der Waals surface area contributed by atoms with E-state index < -0.39 is 0 Å². The molecule has 0 unspecified atom stereocenters. The fourth-order valence-electron chi connectivity index (χ4n) is 2.19. The van der Waals surface area contributed by atoms with Crippen molar-refractivity contribution in [3.63, 3.8) is 0 Å². The Kier molecular flexibility index (Phi) is 4.66. The van der Waals surface area contributed by atoms with Crippen LogP contribution in [0.1, 0.15) is 27.0 Å². The van der Waals surface area contributed by atoms with Crippen molar-refractivity contribution < 1.29 is 9.53 Å². The first-order valence-corrected chi connectivity index (χ1v) is 7.67. The van der Waals surface area contributed by atoms with E-state index in [1.54, 1.807) is 7.11 Å². The Hall–Kier alpha value is -1.13. The molecule has 20 heavy (non-hydrogen) atoms. The first-order chi connectivity index (χ1) is 9.43. The average molecular weight is 398 g/mol. The molecule has 0 saturated heterocycles. The highest BCUT2D eigenvalue weighted by Crippen LogP contribution is 2.30. The van der Waals surface area contributed by atoms with Crippen LogP contribution >= 0.6 is 31.9 Å². The summed E-state index contributed by atoms with van der Waals surface area (Å²) in [5.74, 6) is 0.562. The van der Waals surface area contributed by atoms with Gasteiger partial charge in [0.2, 0.25) is 0 Å². The number of hydrogen-bond acceptors (Lipinski definition) is 2. The predicted octanol–water partition coefficient (Wildman–Crippen LogP) is 5.07. The lowest BCUT2D eigenvalue weighted by Crippen LogP contribution is -2.07. The molecule has 0 atom stereocenters. The van der Waals surface area contributed by atoms with E-state index in [1.165, 1.54) is 0 Å². The van der Waals surface area contributed by atoms with Crippen molar-refractivity contribution in [1.82, 2.24) is 0 Å². The van der Waals surface area contributed by atoms with Crippen molar-refractivity contribution in [2.24, 2.45) is 0 Å². The number of carbonyl (C=O) groups excluding carboxylic acids is 1. The number of hydrogen-bond donors (Lipinski definition) is 0. The van der Waals surface area contributed by atoms with E-state index in [2.05, 4.69) is 31.9 Å². The second-order valence-corrected chi connectivity index (χ2v) is 6.38. The number of rotatable bonds is 3. The van der Waals surface area contributed by atoms with Crippen LogP contribution in [-0.4, -0.2) is 12.9 Å². The van der Waals surface area contributed by atoms with Gasteiger partial charge in [0.05, 0.1) is 12.7 Å². The number of benzene rings is 2. The van der Waals surface area contributed by atoms with Gasteiger partial charge in [0.15, 0.2) is 5.78 Å². The first-order valence-electron chi connectivity index (χ1n) is 6.09. The van der Waals surface area contributed by atoms with Gasteiger partial charge < -0.3 is 4.74 Å². The SMILES string of the molecule is COc1cc(C)cc(C)c1C(=O)c1cc(Br)ccc1Br. The fourth-order valence-corrected chi connectivity index (χ4v) is 2.97. The third-order valence-corrected chi connectivity index (χ3v) is 4.25. The van der Waals surface area contributed by atoms with E-state index in [1.807, 2.05) is 44.2 Å². The van der Waals surface area contributed by atoms with Crippen molar-refractivity contribution in [2.45, 2.75) is 13.8 Å². The molecule has 0 radical (unpaired) electrons. The molecule has 0 aliphatic heterocycles. The molecule has 4 heteroatoms. The maximum absolute atomic E-state index is 12.8. The van der Waals surface area contributed by atoms with Gasteiger partial charge in [-0.2, -0.15) is 0 Å². The summed E-state index contributed by atoms with van der Waals surface area (Å²) in [6.45, 7) is 3.91. The average Bonchev–Trinajstić information content (AvgIpc) is 2.40. The van der Waals surface area contributed by atoms with Crippen LogP contribution in [0.4, 0.5) is 0 Å². The van der Waals surface area contributed by atoms with Gasteiger partial charge in [0.25, 0.3) is 0 Å². The Morgan fingerprint density at radius 2 is 1.80 bits per heavy atom. The van der Waals surface area contributed by atoms with Crippen LogP contribution in [0.25, 0.3) is 0 Å². The summed E-state index contributed by atoms with van der Waals surface area (Å²) in [5.41, 5.74) is 3.21. The minimum absolute atomic E-state index is 0.0486. The number of ether oxygens (including phenoxy) is 1. The summed E-state index contributed by atoms with van der Waals surface area (Å²) in [5, 5.41) is 0. The normalized spacial score (nSPS) is 10.4. The van der Waals surface area contributed by atoms with Gasteiger partial charge in [-0.1, -0.05) is 37.9 Å². The minimum atomic E-state index is -0.0486. The smallest absolute Gasteiger partial charge is 0.198 e. The molecule has 0 aliphatic rings. The van der Waals surface area contributed by atoms with Crippen molar-refractivity contribution in [1.29, 1.82) is 0 Å². The summed E-state index contributed by atoms with van der Waals surface area (Å²) in [7, 11) is 1.58. The van der Waals surface area contributed by atoms with Gasteiger partial charge in [-0.15, -0.1) is 0 Å². The van der Waals surface area contributed by atoms with Gasteiger partial charge in [-0.3, -0.25) is 4.79 Å². The second-order valence-electron chi connectivity index (χ2n) is 4.61. The summed E-state index contributed by atoms with van der Waals surface area (Å²) < 4.78 is 7.01. The molecule has 0 aromatic heterocycles. The number of methoxy groups -OCH3 is 1. The molecule has 0 fully saturated rings. The zero-order valence-corrected chi connectivity index (χ0v) is 14.6. The number of halogens is 2. The molecule has 0 amide bonds. The Bertz CT molecular complexity index is 678. The summed E-state index contributed by atoms with van der Waals surface area (Å²) in [6, 6.07) is 9.42. The molecule has 2 aromatic carbocycles. The Balaban J connectivity index is 2.62. The number of ketones is 1. The molecule has 0 aliphatic carbocycles. The topological polar surface area (TPSA) is 26.3 Å². The van der Waals surface area contributed by atoms with Crippen LogP contribution in [0.5, 0.6) is 5.75 Å². The number of aryl methyl sites for hydroxylation is 2. The Labute approximate surface area is 135 Å². The first kappa shape index (κ1) is 15.3. The van der Waals surface area contributed by atoms with Crippen LogP contribution in [0, 0.1) is 13.8 Å². The number of carbonyl (C=O) groups is 1. The van der Waals surface area contributed by atoms with Crippen molar-refractivity contribution >= 4 is 37.6 Å². The Morgan fingerprint density at radius 1 is 1.10 bits per heavy atom. The Morgan fingerprint density at radius 3 is 2.45 bits per heavy atom. The zero-order chi connectivity index (χ0) is 14.9. The maximum Gasteiger partial charge on any atom is 0.198 e. The highest BCUT2D eigenvalue weighted by Gasteiger charge is 2.20. The molecule has 0 spiro atoms. The van der Waals surface area contributed by atoms with Gasteiger partial charge in [0.1, 0.15) is 5.75 Å². The maximum atomic E-state index is 12.8. The lowest BCUT2D eigenvalue weighted by atomic mass is 9.96. The van der Waals surface area contributed by atoms with Crippen LogP contribution in [0.2, 0.25) is 0 Å². The third-order valence-electron chi connectivity index (χ3n) is 3.06. The molecule has 0 bridgehead atoms. The lowest BCUT2D eigenvalue weighted by Gasteiger charge is -2.13. The molecular formula is C16H14Br2O2. The highest BCUT2D eigenvalue weighted by atomic mass is 79.9. The molecule has 0 N–H and O–H groups in total. The van der Waals surface area contributed by atoms with Crippen LogP contribution < -0.4 is 4.74 Å². The highest BCUT2D eigenvalue weighted by molar-refractivity contribution is 9.11. The molecular weight excluding hydrogens is 384 g/mol. The van der Waals surface area contributed by atoms with E-state index in [0.717, 1.165) is 20.1 Å². The quantitative estimate of drug-likeness (QED) is 0.676. The standard InChI is InChI=1S/C16H14Br2O2/c1-9-6-10(2)15(14(7-9)20-3)16(19)12-8-11(17)4-5-13(12)18/h4-8H,1-3H3. The molecule has 0 saturated carbocycles. The zero-order valence-electron chi connectivity index (χ0n) is 11.5. The van der Waals surface area contributed by atoms with E-state index >= 15 is 0 Å². The van der Waals surface area contributed by atoms with Crippen LogP contribution in [0.15, 0.2) is 39.3 Å². The molecule has 104 valence electrons. The van der Waals surface area contributed by atoms with E-state index in [-0.39, 0.29) is 5.78 Å². The van der Waals surface area contributed by atoms with Crippen molar-refractivity contribution in [3.05, 3.63) is 61.5 Å². The summed E-state index contributed by atoms with van der Waals surface area (Å²) >= 11 is 6.83. The van der Waals surface area contributed by atoms with Gasteiger partial charge in [0, 0.05) is 14.5 Å². The largest absolute Gasteiger partial charge is 0.496 e. The monoisotopic (exact) mass is 396 g/mol. The van der Waals surface area contributed by atoms with Crippen molar-refractivity contribution in [2.75, 3.05) is 7.11 Å². The summed E-state index contributed by atoms with van der Waals surface area (Å²) in [6.07, 6.45) is 0. The van der Waals surface area contributed by atoms with E-state index in [4.69, 9.17) is 4.74 Å². The van der Waals surface area contributed by atoms with Gasteiger partial charge >= 0.3 is 0 Å². The minimum Gasteiger partial charge on any atom is -0.496 e. The summed E-state index contributed by atoms with van der Waals surface area (Å²) in [4.78, 5) is 12.8. The molecule has 2 rings (SSSR count). The van der Waals surface area contributed by atoms with Gasteiger partial charge in [-0.25, -0.2) is 0 Å². The van der Waals surface area contributed by atoms with Crippen LogP contribution in [0.3, 0.4) is 0 Å². The van der Waals surface area contributed by atoms with E-state index in [9.17, 15) is 4.79 Å². The second kappa shape index (κ2) is 6.10. The van der Waals surface area contributed by atoms with Crippen molar-refractivity contribution in [3.8, 4) is 5.75 Å². The molecule has 0 heterocycles. The third kappa shape index (κ3) is 2.96.